The third-order valence-electron chi connectivity index (χ3n) is 4.37. The Kier molecular flexibility index (Phi) is 6.19. The molecule has 152 valence electrons. The number of hydrogen-bond donors (Lipinski definition) is 1. The van der Waals surface area contributed by atoms with Gasteiger partial charge in [-0.15, -0.1) is 11.3 Å². The molecule has 30 heavy (non-hydrogen) atoms. The van der Waals surface area contributed by atoms with Crippen LogP contribution in [0.15, 0.2) is 84.3 Å². The molecular weight excluding hydrogens is 440 g/mol. The number of nitrogens with zero attached hydrogens (tertiary/aromatic N) is 3. The van der Waals surface area contributed by atoms with E-state index in [9.17, 15) is 8.42 Å². The second-order valence-corrected chi connectivity index (χ2v) is 9.79. The summed E-state index contributed by atoms with van der Waals surface area (Å²) in [6.45, 7) is 0. The Balaban J connectivity index is 1.59. The van der Waals surface area contributed by atoms with Gasteiger partial charge in [-0.1, -0.05) is 48.0 Å². The fraction of sp³-hybridized carbons (Fsp3) is 0.0952. The van der Waals surface area contributed by atoms with Crippen molar-refractivity contribution in [3.63, 3.8) is 0 Å². The van der Waals surface area contributed by atoms with Gasteiger partial charge < -0.3 is 0 Å². The van der Waals surface area contributed by atoms with Crippen molar-refractivity contribution in [3.8, 4) is 10.6 Å². The molecule has 0 fully saturated rings. The van der Waals surface area contributed by atoms with Crippen molar-refractivity contribution >= 4 is 33.0 Å². The van der Waals surface area contributed by atoms with Crippen LogP contribution in [0, 0.1) is 0 Å². The Morgan fingerprint density at radius 1 is 0.933 bits per heavy atom. The van der Waals surface area contributed by atoms with Gasteiger partial charge in [-0.25, -0.2) is 23.1 Å². The summed E-state index contributed by atoms with van der Waals surface area (Å²) in [6, 6.07) is 17.5. The number of thiazole rings is 1. The summed E-state index contributed by atoms with van der Waals surface area (Å²) in [4.78, 5) is 12.6. The Hall–Kier alpha value is -2.65. The predicted octanol–water partition coefficient (Wildman–Crippen LogP) is 4.52. The molecule has 9 heteroatoms. The Labute approximate surface area is 183 Å². The minimum Gasteiger partial charge on any atom is -0.260 e. The number of pyridine rings is 2. The van der Waals surface area contributed by atoms with Crippen molar-refractivity contribution in [2.24, 2.45) is 0 Å². The van der Waals surface area contributed by atoms with Crippen LogP contribution < -0.4 is 4.72 Å². The van der Waals surface area contributed by atoms with Gasteiger partial charge in [0.2, 0.25) is 0 Å². The van der Waals surface area contributed by atoms with Gasteiger partial charge in [0.1, 0.15) is 9.34 Å². The van der Waals surface area contributed by atoms with E-state index in [-0.39, 0.29) is 5.03 Å². The lowest BCUT2D eigenvalue weighted by atomic mass is 10.0. The first kappa shape index (κ1) is 20.6. The highest BCUT2D eigenvalue weighted by Gasteiger charge is 2.23. The molecule has 3 aromatic heterocycles. The number of nitrogens with one attached hydrogen (secondary N) is 1. The van der Waals surface area contributed by atoms with Gasteiger partial charge in [-0.2, -0.15) is 0 Å². The first-order chi connectivity index (χ1) is 14.5. The van der Waals surface area contributed by atoms with Crippen molar-refractivity contribution in [2.45, 2.75) is 17.5 Å². The topological polar surface area (TPSA) is 84.8 Å². The molecule has 1 atom stereocenters. The monoisotopic (exact) mass is 456 g/mol. The largest absolute Gasteiger partial charge is 0.260 e. The molecule has 1 aromatic carbocycles. The molecule has 3 heterocycles. The van der Waals surface area contributed by atoms with Crippen molar-refractivity contribution in [2.75, 3.05) is 0 Å². The Morgan fingerprint density at radius 2 is 1.67 bits per heavy atom. The second-order valence-electron chi connectivity index (χ2n) is 6.47. The standard InChI is InChI=1S/C21H17ClN4O2S2/c22-19-14-25-21(29-19)16-9-7-15(8-10-16)13-18(17-5-1-3-11-23-17)26-30(27,28)20-6-2-4-12-24-20/h1-12,14,18,26H,13H2. The molecule has 4 aromatic rings. The van der Waals surface area contributed by atoms with E-state index in [1.54, 1.807) is 36.7 Å². The zero-order valence-electron chi connectivity index (χ0n) is 15.6. The molecule has 0 bridgehead atoms. The van der Waals surface area contributed by atoms with Crippen molar-refractivity contribution in [1.29, 1.82) is 0 Å². The summed E-state index contributed by atoms with van der Waals surface area (Å²) < 4.78 is 29.0. The molecule has 6 nitrogen and oxygen atoms in total. The molecule has 0 radical (unpaired) electrons. The van der Waals surface area contributed by atoms with Gasteiger partial charge in [0.15, 0.2) is 5.03 Å². The number of sulfonamides is 1. The lowest BCUT2D eigenvalue weighted by Gasteiger charge is -2.18. The summed E-state index contributed by atoms with van der Waals surface area (Å²) in [6.07, 6.45) is 5.15. The predicted molar refractivity (Wildman–Crippen MR) is 118 cm³/mol. The van der Waals surface area contributed by atoms with E-state index < -0.39 is 16.1 Å². The number of aromatic nitrogens is 3. The van der Waals surface area contributed by atoms with Crippen LogP contribution in [0.2, 0.25) is 4.34 Å². The summed E-state index contributed by atoms with van der Waals surface area (Å²) in [7, 11) is -3.80. The third kappa shape index (κ3) is 4.91. The Bertz CT molecular complexity index is 1210. The second kappa shape index (κ2) is 9.01. The first-order valence-corrected chi connectivity index (χ1v) is 11.7. The van der Waals surface area contributed by atoms with E-state index in [0.717, 1.165) is 16.1 Å². The molecule has 1 unspecified atom stereocenters. The van der Waals surface area contributed by atoms with Gasteiger partial charge in [-0.3, -0.25) is 4.98 Å². The van der Waals surface area contributed by atoms with Crippen molar-refractivity contribution < 1.29 is 8.42 Å². The van der Waals surface area contributed by atoms with Crippen LogP contribution >= 0.6 is 22.9 Å². The maximum atomic E-state index is 12.8. The van der Waals surface area contributed by atoms with E-state index >= 15 is 0 Å². The maximum absolute atomic E-state index is 12.8. The quantitative estimate of drug-likeness (QED) is 0.442. The maximum Gasteiger partial charge on any atom is 0.258 e. The van der Waals surface area contributed by atoms with Crippen LogP contribution in [0.4, 0.5) is 0 Å². The average molecular weight is 457 g/mol. The van der Waals surface area contributed by atoms with Crippen molar-refractivity contribution in [3.05, 3.63) is 94.8 Å². The van der Waals surface area contributed by atoms with E-state index in [2.05, 4.69) is 19.7 Å². The molecule has 1 N–H and O–H groups in total. The lowest BCUT2D eigenvalue weighted by Crippen LogP contribution is -2.31. The van der Waals surface area contributed by atoms with E-state index in [4.69, 9.17) is 11.6 Å². The molecule has 0 aliphatic heterocycles. The van der Waals surface area contributed by atoms with E-state index in [1.165, 1.54) is 23.6 Å². The molecule has 0 saturated heterocycles. The van der Waals surface area contributed by atoms with E-state index in [0.29, 0.717) is 16.5 Å². The highest BCUT2D eigenvalue weighted by atomic mass is 35.5. The molecule has 0 aliphatic carbocycles. The SMILES string of the molecule is O=S(=O)(NC(Cc1ccc(-c2ncc(Cl)s2)cc1)c1ccccn1)c1ccccn1. The number of benzene rings is 1. The number of rotatable bonds is 7. The molecule has 0 spiro atoms. The minimum atomic E-state index is -3.80. The normalized spacial score (nSPS) is 12.6. The Morgan fingerprint density at radius 3 is 2.27 bits per heavy atom. The number of halogens is 1. The molecular formula is C21H17ClN4O2S2. The number of hydrogen-bond acceptors (Lipinski definition) is 6. The first-order valence-electron chi connectivity index (χ1n) is 9.06. The third-order valence-corrected chi connectivity index (χ3v) is 6.92. The molecule has 4 rings (SSSR count). The highest BCUT2D eigenvalue weighted by molar-refractivity contribution is 7.89. The zero-order chi connectivity index (χ0) is 21.0. The highest BCUT2D eigenvalue weighted by Crippen LogP contribution is 2.29. The zero-order valence-corrected chi connectivity index (χ0v) is 18.0. The average Bonchev–Trinajstić information content (AvgIpc) is 3.21. The van der Waals surface area contributed by atoms with Crippen molar-refractivity contribution in [1.82, 2.24) is 19.7 Å². The van der Waals surface area contributed by atoms with Crippen LogP contribution in [-0.4, -0.2) is 23.4 Å². The lowest BCUT2D eigenvalue weighted by molar-refractivity contribution is 0.546. The smallest absolute Gasteiger partial charge is 0.258 e. The molecule has 0 amide bonds. The van der Waals surface area contributed by atoms with Crippen LogP contribution in [0.5, 0.6) is 0 Å². The van der Waals surface area contributed by atoms with Gasteiger partial charge in [0.05, 0.1) is 17.9 Å². The van der Waals surface area contributed by atoms with Gasteiger partial charge in [0.25, 0.3) is 10.0 Å². The van der Waals surface area contributed by atoms with Gasteiger partial charge >= 0.3 is 0 Å². The van der Waals surface area contributed by atoms with Crippen LogP contribution in [-0.2, 0) is 16.4 Å². The van der Waals surface area contributed by atoms with Gasteiger partial charge in [-0.05, 0) is 36.2 Å². The fourth-order valence-electron chi connectivity index (χ4n) is 2.95. The summed E-state index contributed by atoms with van der Waals surface area (Å²) in [5, 5.41) is 0.811. The fourth-order valence-corrected chi connectivity index (χ4v) is 5.02. The van der Waals surface area contributed by atoms with Crippen LogP contribution in [0.1, 0.15) is 17.3 Å². The van der Waals surface area contributed by atoms with Crippen LogP contribution in [0.3, 0.4) is 0 Å². The van der Waals surface area contributed by atoms with Crippen LogP contribution in [0.25, 0.3) is 10.6 Å². The summed E-state index contributed by atoms with van der Waals surface area (Å²) in [5.74, 6) is 0. The molecule has 0 saturated carbocycles. The molecule has 0 aliphatic rings. The summed E-state index contributed by atoms with van der Waals surface area (Å²) >= 11 is 7.38. The summed E-state index contributed by atoms with van der Waals surface area (Å²) in [5.41, 5.74) is 2.55. The minimum absolute atomic E-state index is 0.0260. The van der Waals surface area contributed by atoms with Gasteiger partial charge in [0, 0.05) is 18.0 Å². The van der Waals surface area contributed by atoms with E-state index in [1.807, 2.05) is 30.3 Å².